The summed E-state index contributed by atoms with van der Waals surface area (Å²) in [5.41, 5.74) is 3.25. The second kappa shape index (κ2) is 7.25. The van der Waals surface area contributed by atoms with Crippen LogP contribution >= 0.6 is 0 Å². The van der Waals surface area contributed by atoms with Crippen LogP contribution in [-0.2, 0) is 22.7 Å². The molecule has 5 heteroatoms. The third kappa shape index (κ3) is 3.98. The van der Waals surface area contributed by atoms with Gasteiger partial charge < -0.3 is 10.6 Å². The van der Waals surface area contributed by atoms with Crippen molar-refractivity contribution in [3.63, 3.8) is 0 Å². The molecule has 0 saturated heterocycles. The molecule has 1 aliphatic rings. The highest BCUT2D eigenvalue weighted by Gasteiger charge is 2.47. The molecule has 1 aromatic carbocycles. The lowest BCUT2D eigenvalue weighted by molar-refractivity contribution is -0.127. The third-order valence-corrected chi connectivity index (χ3v) is 4.39. The Morgan fingerprint density at radius 2 is 1.62 bits per heavy atom. The number of pyridine rings is 1. The van der Waals surface area contributed by atoms with Crippen molar-refractivity contribution in [1.29, 1.82) is 0 Å². The van der Waals surface area contributed by atoms with E-state index in [0.717, 1.165) is 16.7 Å². The Bertz CT molecular complexity index is 730. The quantitative estimate of drug-likeness (QED) is 0.854. The molecular weight excluding hydrogens is 302 g/mol. The van der Waals surface area contributed by atoms with Gasteiger partial charge in [-0.25, -0.2) is 0 Å². The van der Waals surface area contributed by atoms with E-state index in [1.54, 1.807) is 12.4 Å². The van der Waals surface area contributed by atoms with Crippen molar-refractivity contribution in [3.8, 4) is 0 Å². The molecule has 0 radical (unpaired) electrons. The van der Waals surface area contributed by atoms with Gasteiger partial charge in [0, 0.05) is 25.5 Å². The lowest BCUT2D eigenvalue weighted by Crippen LogP contribution is -2.29. The van der Waals surface area contributed by atoms with Crippen LogP contribution in [0.2, 0.25) is 0 Å². The van der Waals surface area contributed by atoms with Crippen molar-refractivity contribution in [2.45, 2.75) is 26.4 Å². The second-order valence-electron chi connectivity index (χ2n) is 6.17. The Kier molecular flexibility index (Phi) is 4.89. The number of nitrogens with one attached hydrogen (secondary N) is 2. The number of nitrogens with zero attached hydrogens (tertiary/aromatic N) is 1. The van der Waals surface area contributed by atoms with E-state index in [4.69, 9.17) is 0 Å². The van der Waals surface area contributed by atoms with Crippen LogP contribution in [0.3, 0.4) is 0 Å². The Hall–Kier alpha value is -2.69. The van der Waals surface area contributed by atoms with Crippen LogP contribution in [0.25, 0.3) is 0 Å². The van der Waals surface area contributed by atoms with E-state index in [1.807, 2.05) is 43.3 Å². The van der Waals surface area contributed by atoms with Gasteiger partial charge in [0.2, 0.25) is 11.8 Å². The van der Waals surface area contributed by atoms with Crippen LogP contribution in [0.15, 0.2) is 48.8 Å². The van der Waals surface area contributed by atoms with E-state index >= 15 is 0 Å². The van der Waals surface area contributed by atoms with Crippen LogP contribution in [0.4, 0.5) is 0 Å². The summed E-state index contributed by atoms with van der Waals surface area (Å²) in [5.74, 6) is -0.500. The summed E-state index contributed by atoms with van der Waals surface area (Å²) in [4.78, 5) is 28.2. The minimum absolute atomic E-state index is 0.0395. The Labute approximate surface area is 141 Å². The van der Waals surface area contributed by atoms with E-state index in [2.05, 4.69) is 15.6 Å². The smallest absolute Gasteiger partial charge is 0.224 e. The molecule has 1 aromatic heterocycles. The maximum absolute atomic E-state index is 12.2. The average molecular weight is 323 g/mol. The van der Waals surface area contributed by atoms with Gasteiger partial charge in [-0.1, -0.05) is 24.3 Å². The van der Waals surface area contributed by atoms with Crippen LogP contribution in [0.1, 0.15) is 23.1 Å². The molecule has 2 unspecified atom stereocenters. The normalized spacial score (nSPS) is 18.7. The lowest BCUT2D eigenvalue weighted by Gasteiger charge is -2.08. The van der Waals surface area contributed by atoms with Crippen molar-refractivity contribution in [2.24, 2.45) is 11.8 Å². The van der Waals surface area contributed by atoms with Gasteiger partial charge in [0.25, 0.3) is 0 Å². The van der Waals surface area contributed by atoms with E-state index in [9.17, 15) is 9.59 Å². The summed E-state index contributed by atoms with van der Waals surface area (Å²) in [7, 11) is 0. The van der Waals surface area contributed by atoms with Gasteiger partial charge in [-0.05, 0) is 42.2 Å². The van der Waals surface area contributed by atoms with Gasteiger partial charge >= 0.3 is 0 Å². The average Bonchev–Trinajstić information content (AvgIpc) is 3.40. The van der Waals surface area contributed by atoms with Crippen LogP contribution in [0.5, 0.6) is 0 Å². The SMILES string of the molecule is Cc1ccccc1CNC(=O)C1CC1C(=O)NCc1ccncc1. The van der Waals surface area contributed by atoms with Crippen molar-refractivity contribution in [1.82, 2.24) is 15.6 Å². The predicted octanol–water partition coefficient (Wildman–Crippen LogP) is 1.96. The number of amides is 2. The summed E-state index contributed by atoms with van der Waals surface area (Å²) in [6.07, 6.45) is 4.02. The molecule has 2 N–H and O–H groups in total. The number of rotatable bonds is 6. The summed E-state index contributed by atoms with van der Waals surface area (Å²) in [5, 5.41) is 5.82. The van der Waals surface area contributed by atoms with Gasteiger partial charge in [0.15, 0.2) is 0 Å². The maximum atomic E-state index is 12.2. The highest BCUT2D eigenvalue weighted by atomic mass is 16.2. The van der Waals surface area contributed by atoms with Crippen LogP contribution in [0, 0.1) is 18.8 Å². The second-order valence-corrected chi connectivity index (χ2v) is 6.17. The molecule has 1 saturated carbocycles. The zero-order valence-electron chi connectivity index (χ0n) is 13.7. The first-order valence-corrected chi connectivity index (χ1v) is 8.14. The number of hydrogen-bond donors (Lipinski definition) is 2. The van der Waals surface area contributed by atoms with E-state index in [1.165, 1.54) is 0 Å². The number of carbonyl (C=O) groups is 2. The minimum atomic E-state index is -0.205. The molecule has 2 atom stereocenters. The number of aryl methyl sites for hydroxylation is 1. The van der Waals surface area contributed by atoms with Gasteiger partial charge in [-0.3, -0.25) is 14.6 Å². The zero-order valence-corrected chi connectivity index (χ0v) is 13.7. The van der Waals surface area contributed by atoms with Crippen molar-refractivity contribution >= 4 is 11.8 Å². The van der Waals surface area contributed by atoms with Crippen molar-refractivity contribution < 1.29 is 9.59 Å². The minimum Gasteiger partial charge on any atom is -0.352 e. The van der Waals surface area contributed by atoms with Crippen molar-refractivity contribution in [3.05, 3.63) is 65.5 Å². The van der Waals surface area contributed by atoms with Crippen LogP contribution < -0.4 is 10.6 Å². The summed E-state index contributed by atoms with van der Waals surface area (Å²) < 4.78 is 0. The predicted molar refractivity (Wildman–Crippen MR) is 90.7 cm³/mol. The molecule has 0 spiro atoms. The first kappa shape index (κ1) is 16.2. The molecule has 0 bridgehead atoms. The van der Waals surface area contributed by atoms with Crippen molar-refractivity contribution in [2.75, 3.05) is 0 Å². The fourth-order valence-corrected chi connectivity index (χ4v) is 2.72. The number of carbonyl (C=O) groups excluding carboxylic acids is 2. The fourth-order valence-electron chi connectivity index (χ4n) is 2.72. The largest absolute Gasteiger partial charge is 0.352 e. The molecule has 5 nitrogen and oxygen atoms in total. The number of benzene rings is 1. The molecule has 1 aliphatic carbocycles. The van der Waals surface area contributed by atoms with E-state index in [-0.39, 0.29) is 23.7 Å². The summed E-state index contributed by atoms with van der Waals surface area (Å²) in [6, 6.07) is 11.7. The van der Waals surface area contributed by atoms with Gasteiger partial charge in [-0.2, -0.15) is 0 Å². The maximum Gasteiger partial charge on any atom is 0.224 e. The monoisotopic (exact) mass is 323 g/mol. The molecule has 2 amide bonds. The standard InChI is InChI=1S/C19H21N3O2/c1-13-4-2-3-5-15(13)12-22-19(24)17-10-16(17)18(23)21-11-14-6-8-20-9-7-14/h2-9,16-17H,10-12H2,1H3,(H,21,23)(H,22,24). The van der Waals surface area contributed by atoms with Gasteiger partial charge in [0.05, 0.1) is 11.8 Å². The highest BCUT2D eigenvalue weighted by molar-refractivity contribution is 5.92. The molecular formula is C19H21N3O2. The first-order chi connectivity index (χ1) is 11.6. The molecule has 0 aliphatic heterocycles. The number of aromatic nitrogens is 1. The summed E-state index contributed by atoms with van der Waals surface area (Å²) >= 11 is 0. The topological polar surface area (TPSA) is 71.1 Å². The Morgan fingerprint density at radius 1 is 1.00 bits per heavy atom. The molecule has 1 heterocycles. The lowest BCUT2D eigenvalue weighted by atomic mass is 10.1. The van der Waals surface area contributed by atoms with E-state index < -0.39 is 0 Å². The molecule has 3 rings (SSSR count). The molecule has 124 valence electrons. The van der Waals surface area contributed by atoms with E-state index in [0.29, 0.717) is 19.5 Å². The Balaban J connectivity index is 1.43. The first-order valence-electron chi connectivity index (χ1n) is 8.14. The highest BCUT2D eigenvalue weighted by Crippen LogP contribution is 2.38. The number of hydrogen-bond acceptors (Lipinski definition) is 3. The molecule has 24 heavy (non-hydrogen) atoms. The fraction of sp³-hybridized carbons (Fsp3) is 0.316. The molecule has 1 fully saturated rings. The summed E-state index contributed by atoms with van der Waals surface area (Å²) in [6.45, 7) is 3.00. The third-order valence-electron chi connectivity index (χ3n) is 4.39. The Morgan fingerprint density at radius 3 is 2.29 bits per heavy atom. The molecule has 2 aromatic rings. The van der Waals surface area contributed by atoms with Crippen LogP contribution in [-0.4, -0.2) is 16.8 Å². The van der Waals surface area contributed by atoms with Gasteiger partial charge in [0.1, 0.15) is 0 Å². The zero-order chi connectivity index (χ0) is 16.9. The van der Waals surface area contributed by atoms with Gasteiger partial charge in [-0.15, -0.1) is 0 Å².